The molecule has 21 heavy (non-hydrogen) atoms. The first kappa shape index (κ1) is 19.2. The number of carbonyl (C=O) groups is 3. The number of nitrogens with zero attached hydrogens (tertiary/aromatic N) is 1. The van der Waals surface area contributed by atoms with Crippen LogP contribution < -0.4 is 5.32 Å². The lowest BCUT2D eigenvalue weighted by molar-refractivity contribution is -0.144. The molecule has 0 aromatic heterocycles. The minimum Gasteiger partial charge on any atom is -0.481 e. The molecule has 0 saturated heterocycles. The topological polar surface area (TPSA) is 95.9 Å². The summed E-state index contributed by atoms with van der Waals surface area (Å²) < 4.78 is 4.83. The van der Waals surface area contributed by atoms with Gasteiger partial charge in [-0.25, -0.2) is 4.79 Å². The van der Waals surface area contributed by atoms with E-state index in [0.29, 0.717) is 13.0 Å². The lowest BCUT2D eigenvalue weighted by Gasteiger charge is -2.26. The fourth-order valence-corrected chi connectivity index (χ4v) is 1.78. The highest BCUT2D eigenvalue weighted by molar-refractivity contribution is 5.81. The van der Waals surface area contributed by atoms with Crippen LogP contribution in [-0.4, -0.2) is 53.7 Å². The maximum absolute atomic E-state index is 12.2. The Labute approximate surface area is 125 Å². The molecule has 0 rings (SSSR count). The van der Waals surface area contributed by atoms with Gasteiger partial charge in [-0.05, 0) is 19.3 Å². The number of nitrogens with one attached hydrogen (secondary N) is 1. The van der Waals surface area contributed by atoms with Gasteiger partial charge in [0.1, 0.15) is 6.54 Å². The van der Waals surface area contributed by atoms with Gasteiger partial charge in [0.2, 0.25) is 0 Å². The van der Waals surface area contributed by atoms with E-state index in [2.05, 4.69) is 5.32 Å². The Morgan fingerprint density at radius 1 is 1.24 bits per heavy atom. The molecule has 2 amide bonds. The Morgan fingerprint density at radius 3 is 2.29 bits per heavy atom. The van der Waals surface area contributed by atoms with Crippen molar-refractivity contribution >= 4 is 18.0 Å². The number of carboxylic acids is 1. The van der Waals surface area contributed by atoms with Gasteiger partial charge in [0.05, 0.1) is 13.0 Å². The summed E-state index contributed by atoms with van der Waals surface area (Å²) in [6.07, 6.45) is 0.543. The summed E-state index contributed by atoms with van der Waals surface area (Å²) in [7, 11) is 0. The van der Waals surface area contributed by atoms with Crippen LogP contribution in [0.3, 0.4) is 0 Å². The minimum atomic E-state index is -0.971. The lowest BCUT2D eigenvalue weighted by Crippen LogP contribution is -2.49. The van der Waals surface area contributed by atoms with Crippen molar-refractivity contribution in [3.63, 3.8) is 0 Å². The number of carboxylic acid groups (broad SMARTS) is 1. The van der Waals surface area contributed by atoms with E-state index in [9.17, 15) is 14.4 Å². The molecule has 0 saturated carbocycles. The monoisotopic (exact) mass is 302 g/mol. The molecule has 2 N–H and O–H groups in total. The first-order valence-electron chi connectivity index (χ1n) is 7.24. The molecule has 0 aliphatic rings. The first-order chi connectivity index (χ1) is 9.81. The maximum atomic E-state index is 12.2. The molecule has 0 spiro atoms. The third-order valence-corrected chi connectivity index (χ3v) is 2.91. The van der Waals surface area contributed by atoms with Crippen molar-refractivity contribution in [1.82, 2.24) is 10.2 Å². The Morgan fingerprint density at radius 2 is 1.86 bits per heavy atom. The van der Waals surface area contributed by atoms with Crippen molar-refractivity contribution in [2.24, 2.45) is 5.92 Å². The van der Waals surface area contributed by atoms with E-state index in [1.165, 1.54) is 4.90 Å². The first-order valence-corrected chi connectivity index (χ1v) is 7.24. The molecule has 0 radical (unpaired) electrons. The average molecular weight is 302 g/mol. The highest BCUT2D eigenvalue weighted by Crippen LogP contribution is 2.07. The van der Waals surface area contributed by atoms with E-state index in [-0.39, 0.29) is 25.5 Å². The molecular weight excluding hydrogens is 276 g/mol. The van der Waals surface area contributed by atoms with Crippen LogP contribution in [0.15, 0.2) is 0 Å². The molecule has 0 bridgehead atoms. The molecule has 0 aliphatic carbocycles. The van der Waals surface area contributed by atoms with E-state index in [0.717, 1.165) is 0 Å². The van der Waals surface area contributed by atoms with Crippen LogP contribution in [0.4, 0.5) is 4.79 Å². The van der Waals surface area contributed by atoms with E-state index in [1.807, 2.05) is 20.8 Å². The molecular formula is C14H26N2O5. The van der Waals surface area contributed by atoms with Crippen LogP contribution in [0.1, 0.15) is 40.5 Å². The maximum Gasteiger partial charge on any atom is 0.325 e. The Hall–Kier alpha value is -1.79. The van der Waals surface area contributed by atoms with Crippen LogP contribution in [-0.2, 0) is 14.3 Å². The highest BCUT2D eigenvalue weighted by Gasteiger charge is 2.23. The molecule has 0 heterocycles. The van der Waals surface area contributed by atoms with Gasteiger partial charge in [-0.1, -0.05) is 20.8 Å². The lowest BCUT2D eigenvalue weighted by atomic mass is 10.0. The molecule has 0 aromatic rings. The standard InChI is InChI=1S/C14H26N2O5/c1-5-7-16(9-13(19)21-6-2)14(20)15-11(10(3)4)8-12(17)18/h10-11H,5-9H2,1-4H3,(H,15,20)(H,17,18). The van der Waals surface area contributed by atoms with Crippen molar-refractivity contribution in [2.75, 3.05) is 19.7 Å². The number of rotatable bonds is 9. The number of hydrogen-bond donors (Lipinski definition) is 2. The number of carbonyl (C=O) groups excluding carboxylic acids is 2. The number of amides is 2. The molecule has 1 unspecified atom stereocenters. The normalized spacial score (nSPS) is 11.9. The summed E-state index contributed by atoms with van der Waals surface area (Å²) in [5.41, 5.74) is 0. The zero-order chi connectivity index (χ0) is 16.4. The van der Waals surface area contributed by atoms with Crippen molar-refractivity contribution in [1.29, 1.82) is 0 Å². The van der Waals surface area contributed by atoms with Crippen LogP contribution in [0.5, 0.6) is 0 Å². The van der Waals surface area contributed by atoms with Gasteiger partial charge < -0.3 is 20.1 Å². The summed E-state index contributed by atoms with van der Waals surface area (Å²) in [5.74, 6) is -1.46. The number of ether oxygens (including phenoxy) is 1. The van der Waals surface area contributed by atoms with Crippen LogP contribution in [0.2, 0.25) is 0 Å². The summed E-state index contributed by atoms with van der Waals surface area (Å²) in [5, 5.41) is 11.5. The Bertz CT molecular complexity index is 357. The minimum absolute atomic E-state index is 0.0175. The van der Waals surface area contributed by atoms with Crippen molar-refractivity contribution in [2.45, 2.75) is 46.6 Å². The number of urea groups is 1. The number of esters is 1. The smallest absolute Gasteiger partial charge is 0.325 e. The summed E-state index contributed by atoms with van der Waals surface area (Å²) in [6.45, 7) is 7.79. The molecule has 0 aliphatic heterocycles. The predicted molar refractivity (Wildman–Crippen MR) is 77.9 cm³/mol. The molecule has 1 atom stereocenters. The average Bonchev–Trinajstić information content (AvgIpc) is 2.36. The SMILES string of the molecule is CCCN(CC(=O)OCC)C(=O)NC(CC(=O)O)C(C)C. The van der Waals surface area contributed by atoms with Crippen molar-refractivity contribution in [3.8, 4) is 0 Å². The number of hydrogen-bond acceptors (Lipinski definition) is 4. The van der Waals surface area contributed by atoms with E-state index in [4.69, 9.17) is 9.84 Å². The highest BCUT2D eigenvalue weighted by atomic mass is 16.5. The molecule has 7 heteroatoms. The van der Waals surface area contributed by atoms with Gasteiger partial charge >= 0.3 is 18.0 Å². The quantitative estimate of drug-likeness (QED) is 0.629. The van der Waals surface area contributed by atoms with Gasteiger partial charge in [-0.3, -0.25) is 9.59 Å². The van der Waals surface area contributed by atoms with Gasteiger partial charge in [-0.2, -0.15) is 0 Å². The second kappa shape index (κ2) is 10.0. The number of aliphatic carboxylic acids is 1. The van der Waals surface area contributed by atoms with Gasteiger partial charge in [0.25, 0.3) is 0 Å². The van der Waals surface area contributed by atoms with Gasteiger partial charge in [0, 0.05) is 12.6 Å². The van der Waals surface area contributed by atoms with E-state index >= 15 is 0 Å². The molecule has 122 valence electrons. The third-order valence-electron chi connectivity index (χ3n) is 2.91. The van der Waals surface area contributed by atoms with E-state index < -0.39 is 24.0 Å². The Balaban J connectivity index is 4.70. The van der Waals surface area contributed by atoms with Crippen LogP contribution >= 0.6 is 0 Å². The predicted octanol–water partition coefficient (Wildman–Crippen LogP) is 1.47. The summed E-state index contributed by atoms with van der Waals surface area (Å²) in [6, 6.07) is -0.915. The van der Waals surface area contributed by atoms with Crippen LogP contribution in [0, 0.1) is 5.92 Å². The molecule has 7 nitrogen and oxygen atoms in total. The molecule has 0 aromatic carbocycles. The van der Waals surface area contributed by atoms with E-state index in [1.54, 1.807) is 6.92 Å². The van der Waals surface area contributed by atoms with Crippen molar-refractivity contribution < 1.29 is 24.2 Å². The second-order valence-electron chi connectivity index (χ2n) is 5.12. The fraction of sp³-hybridized carbons (Fsp3) is 0.786. The fourth-order valence-electron chi connectivity index (χ4n) is 1.78. The summed E-state index contributed by atoms with van der Waals surface area (Å²) in [4.78, 5) is 35.8. The van der Waals surface area contributed by atoms with Crippen molar-refractivity contribution in [3.05, 3.63) is 0 Å². The Kier molecular flexibility index (Phi) is 9.16. The van der Waals surface area contributed by atoms with Gasteiger partial charge in [0.15, 0.2) is 0 Å². The zero-order valence-corrected chi connectivity index (χ0v) is 13.2. The third kappa shape index (κ3) is 8.16. The van der Waals surface area contributed by atoms with Crippen LogP contribution in [0.25, 0.3) is 0 Å². The largest absolute Gasteiger partial charge is 0.481 e. The zero-order valence-electron chi connectivity index (χ0n) is 13.2. The molecule has 0 fully saturated rings. The summed E-state index contributed by atoms with van der Waals surface area (Å²) >= 11 is 0. The van der Waals surface area contributed by atoms with Gasteiger partial charge in [-0.15, -0.1) is 0 Å². The second-order valence-corrected chi connectivity index (χ2v) is 5.12.